The molecular formula is C17H16N4O5S. The van der Waals surface area contributed by atoms with E-state index in [-0.39, 0.29) is 17.1 Å². The number of anilines is 1. The Bertz CT molecular complexity index is 1110. The van der Waals surface area contributed by atoms with E-state index >= 15 is 0 Å². The minimum atomic E-state index is -3.88. The van der Waals surface area contributed by atoms with Gasteiger partial charge in [-0.2, -0.15) is 0 Å². The number of nitrogens with zero attached hydrogens (tertiary/aromatic N) is 2. The van der Waals surface area contributed by atoms with E-state index in [9.17, 15) is 18.0 Å². The molecule has 0 fully saturated rings. The maximum Gasteiger partial charge on any atom is 0.326 e. The van der Waals surface area contributed by atoms with Gasteiger partial charge in [-0.1, -0.05) is 18.2 Å². The predicted molar refractivity (Wildman–Crippen MR) is 97.1 cm³/mol. The largest absolute Gasteiger partial charge is 0.454 e. The lowest BCUT2D eigenvalue weighted by Crippen LogP contribution is -2.23. The summed E-state index contributed by atoms with van der Waals surface area (Å²) in [6.45, 7) is -0.597. The molecule has 1 aromatic heterocycles. The van der Waals surface area contributed by atoms with Gasteiger partial charge in [0.25, 0.3) is 5.91 Å². The van der Waals surface area contributed by atoms with Crippen LogP contribution in [-0.4, -0.2) is 36.5 Å². The van der Waals surface area contributed by atoms with Crippen molar-refractivity contribution in [3.63, 3.8) is 0 Å². The van der Waals surface area contributed by atoms with E-state index in [1.807, 2.05) is 24.3 Å². The SMILES string of the molecule is NS(=O)(=O)c1cccc(NC(=O)COC(=O)Cn2cnc3ccccc32)c1. The number of ether oxygens (including phenoxy) is 1. The summed E-state index contributed by atoms with van der Waals surface area (Å²) < 4.78 is 29.2. The molecule has 0 spiro atoms. The molecule has 3 aromatic rings. The summed E-state index contributed by atoms with van der Waals surface area (Å²) in [5.41, 5.74) is 1.75. The van der Waals surface area contributed by atoms with Crippen LogP contribution in [0.3, 0.4) is 0 Å². The lowest BCUT2D eigenvalue weighted by molar-refractivity contribution is -0.147. The number of carbonyl (C=O) groups excluding carboxylic acids is 2. The predicted octanol–water partition coefficient (Wildman–Crippen LogP) is 0.866. The molecule has 140 valence electrons. The number of fused-ring (bicyclic) bond motifs is 1. The first-order chi connectivity index (χ1) is 12.8. The summed E-state index contributed by atoms with van der Waals surface area (Å²) >= 11 is 0. The molecule has 0 radical (unpaired) electrons. The van der Waals surface area contributed by atoms with Gasteiger partial charge >= 0.3 is 5.97 Å². The van der Waals surface area contributed by atoms with E-state index < -0.39 is 28.5 Å². The van der Waals surface area contributed by atoms with Crippen molar-refractivity contribution in [2.24, 2.45) is 5.14 Å². The molecule has 0 aliphatic rings. The molecule has 0 saturated carbocycles. The lowest BCUT2D eigenvalue weighted by Gasteiger charge is -2.08. The van der Waals surface area contributed by atoms with Crippen LogP contribution in [-0.2, 0) is 30.9 Å². The fourth-order valence-corrected chi connectivity index (χ4v) is 2.97. The first kappa shape index (κ1) is 18.5. The van der Waals surface area contributed by atoms with E-state index in [2.05, 4.69) is 10.3 Å². The molecule has 3 rings (SSSR count). The number of imidazole rings is 1. The highest BCUT2D eigenvalue weighted by Gasteiger charge is 2.12. The maximum absolute atomic E-state index is 11.9. The number of amides is 1. The third-order valence-corrected chi connectivity index (χ3v) is 4.55. The highest BCUT2D eigenvalue weighted by atomic mass is 32.2. The maximum atomic E-state index is 11.9. The molecule has 0 atom stereocenters. The van der Waals surface area contributed by atoms with Crippen LogP contribution in [0, 0.1) is 0 Å². The quantitative estimate of drug-likeness (QED) is 0.602. The molecule has 1 heterocycles. The summed E-state index contributed by atoms with van der Waals surface area (Å²) in [5.74, 6) is -1.21. The number of hydrogen-bond acceptors (Lipinski definition) is 6. The Kier molecular flexibility index (Phi) is 5.19. The van der Waals surface area contributed by atoms with Crippen molar-refractivity contribution in [1.82, 2.24) is 9.55 Å². The number of carbonyl (C=O) groups is 2. The highest BCUT2D eigenvalue weighted by Crippen LogP contribution is 2.14. The molecule has 1 amide bonds. The summed E-state index contributed by atoms with van der Waals surface area (Å²) in [7, 11) is -3.88. The Balaban J connectivity index is 1.55. The average molecular weight is 388 g/mol. The number of nitrogens with two attached hydrogens (primary N) is 1. The van der Waals surface area contributed by atoms with Gasteiger partial charge in [-0.25, -0.2) is 18.5 Å². The third kappa shape index (κ3) is 4.68. The zero-order valence-electron chi connectivity index (χ0n) is 14.0. The standard InChI is InChI=1S/C17H16N4O5S/c18-27(24,25)13-5-3-4-12(8-13)20-16(22)10-26-17(23)9-21-11-19-14-6-1-2-7-15(14)21/h1-8,11H,9-10H2,(H,20,22)(H2,18,24,25). The Morgan fingerprint density at radius 1 is 1.15 bits per heavy atom. The minimum absolute atomic E-state index is 0.0886. The summed E-state index contributed by atoms with van der Waals surface area (Å²) in [6, 6.07) is 12.8. The van der Waals surface area contributed by atoms with Crippen molar-refractivity contribution < 1.29 is 22.7 Å². The Morgan fingerprint density at radius 3 is 2.70 bits per heavy atom. The van der Waals surface area contributed by atoms with Gasteiger partial charge in [0.15, 0.2) is 6.61 Å². The number of nitrogens with one attached hydrogen (secondary N) is 1. The molecule has 0 saturated heterocycles. The van der Waals surface area contributed by atoms with Gasteiger partial charge in [0, 0.05) is 5.69 Å². The van der Waals surface area contributed by atoms with Gasteiger partial charge in [-0.05, 0) is 30.3 Å². The third-order valence-electron chi connectivity index (χ3n) is 3.64. The number of hydrogen-bond donors (Lipinski definition) is 2. The van der Waals surface area contributed by atoms with Gasteiger partial charge < -0.3 is 14.6 Å². The topological polar surface area (TPSA) is 133 Å². The Morgan fingerprint density at radius 2 is 1.93 bits per heavy atom. The van der Waals surface area contributed by atoms with Crippen molar-refractivity contribution in [2.75, 3.05) is 11.9 Å². The van der Waals surface area contributed by atoms with Gasteiger partial charge in [-0.3, -0.25) is 9.59 Å². The molecular weight excluding hydrogens is 372 g/mol. The molecule has 0 aliphatic carbocycles. The number of rotatable bonds is 6. The van der Waals surface area contributed by atoms with Crippen LogP contribution in [0.15, 0.2) is 59.8 Å². The van der Waals surface area contributed by atoms with Crippen molar-refractivity contribution in [3.05, 3.63) is 54.9 Å². The number of benzene rings is 2. The van der Waals surface area contributed by atoms with Crippen molar-refractivity contribution in [1.29, 1.82) is 0 Å². The van der Waals surface area contributed by atoms with Crippen LogP contribution in [0.1, 0.15) is 0 Å². The highest BCUT2D eigenvalue weighted by molar-refractivity contribution is 7.89. The average Bonchev–Trinajstić information content (AvgIpc) is 3.03. The van der Waals surface area contributed by atoms with Crippen LogP contribution in [0.25, 0.3) is 11.0 Å². The zero-order valence-corrected chi connectivity index (χ0v) is 14.8. The van der Waals surface area contributed by atoms with E-state index in [1.54, 1.807) is 4.57 Å². The molecule has 0 aliphatic heterocycles. The fraction of sp³-hybridized carbons (Fsp3) is 0.118. The molecule has 0 unspecified atom stereocenters. The molecule has 2 aromatic carbocycles. The molecule has 9 nitrogen and oxygen atoms in total. The van der Waals surface area contributed by atoms with Gasteiger partial charge in [0.1, 0.15) is 6.54 Å². The van der Waals surface area contributed by atoms with Crippen molar-refractivity contribution in [3.8, 4) is 0 Å². The summed E-state index contributed by atoms with van der Waals surface area (Å²) in [4.78, 5) is 27.9. The monoisotopic (exact) mass is 388 g/mol. The number of sulfonamides is 1. The fourth-order valence-electron chi connectivity index (χ4n) is 2.41. The number of aromatic nitrogens is 2. The molecule has 27 heavy (non-hydrogen) atoms. The first-order valence-corrected chi connectivity index (χ1v) is 9.36. The number of esters is 1. The Labute approximate surface area is 154 Å². The van der Waals surface area contributed by atoms with Crippen LogP contribution >= 0.6 is 0 Å². The molecule has 10 heteroatoms. The first-order valence-electron chi connectivity index (χ1n) is 7.81. The van der Waals surface area contributed by atoms with E-state index in [0.717, 1.165) is 11.0 Å². The second-order valence-electron chi connectivity index (χ2n) is 5.64. The Hall–Kier alpha value is -3.24. The normalized spacial score (nSPS) is 11.3. The summed E-state index contributed by atoms with van der Waals surface area (Å²) in [6.07, 6.45) is 1.52. The minimum Gasteiger partial charge on any atom is -0.454 e. The van der Waals surface area contributed by atoms with Gasteiger partial charge in [0.2, 0.25) is 10.0 Å². The molecule has 0 bridgehead atoms. The smallest absolute Gasteiger partial charge is 0.326 e. The summed E-state index contributed by atoms with van der Waals surface area (Å²) in [5, 5.41) is 7.48. The van der Waals surface area contributed by atoms with E-state index in [1.165, 1.54) is 30.6 Å². The van der Waals surface area contributed by atoms with Crippen LogP contribution in [0.2, 0.25) is 0 Å². The van der Waals surface area contributed by atoms with Gasteiger partial charge in [0.05, 0.1) is 22.3 Å². The number of primary sulfonamides is 1. The van der Waals surface area contributed by atoms with E-state index in [4.69, 9.17) is 9.88 Å². The second-order valence-corrected chi connectivity index (χ2v) is 7.20. The molecule has 3 N–H and O–H groups in total. The van der Waals surface area contributed by atoms with Crippen molar-refractivity contribution >= 4 is 38.6 Å². The van der Waals surface area contributed by atoms with Gasteiger partial charge in [-0.15, -0.1) is 0 Å². The number of para-hydroxylation sites is 2. The second kappa shape index (κ2) is 7.56. The van der Waals surface area contributed by atoms with Crippen LogP contribution in [0.4, 0.5) is 5.69 Å². The van der Waals surface area contributed by atoms with E-state index in [0.29, 0.717) is 0 Å². The zero-order chi connectivity index (χ0) is 19.4. The van der Waals surface area contributed by atoms with Crippen LogP contribution < -0.4 is 10.5 Å². The van der Waals surface area contributed by atoms with Crippen molar-refractivity contribution in [2.45, 2.75) is 11.4 Å². The lowest BCUT2D eigenvalue weighted by atomic mass is 10.3. The van der Waals surface area contributed by atoms with Crippen LogP contribution in [0.5, 0.6) is 0 Å².